The molecule has 0 bridgehead atoms. The minimum atomic E-state index is -0.384. The van der Waals surface area contributed by atoms with Crippen LogP contribution in [0, 0.1) is 0 Å². The molecule has 106 valence electrons. The highest BCUT2D eigenvalue weighted by Gasteiger charge is 2.26. The Morgan fingerprint density at radius 2 is 1.61 bits per heavy atom. The van der Waals surface area contributed by atoms with Crippen molar-refractivity contribution in [2.24, 2.45) is 0 Å². The van der Waals surface area contributed by atoms with Crippen LogP contribution >= 0.6 is 48.0 Å². The third-order valence-electron chi connectivity index (χ3n) is 2.37. The molecule has 0 N–H and O–H groups in total. The van der Waals surface area contributed by atoms with Crippen molar-refractivity contribution >= 4 is 56.5 Å². The molecule has 0 rings (SSSR count). The maximum absolute atomic E-state index is 5.84. The highest BCUT2D eigenvalue weighted by molar-refractivity contribution is 8.23. The van der Waals surface area contributed by atoms with Gasteiger partial charge in [-0.25, -0.2) is 0 Å². The third-order valence-corrected chi connectivity index (χ3v) is 5.22. The Balaban J connectivity index is 4.17. The molecule has 2 nitrogen and oxygen atoms in total. The minimum Gasteiger partial charge on any atom is -0.472 e. The second-order valence-corrected chi connectivity index (χ2v) is 7.81. The summed E-state index contributed by atoms with van der Waals surface area (Å²) in [6, 6.07) is 0. The van der Waals surface area contributed by atoms with Crippen molar-refractivity contribution in [2.45, 2.75) is 45.3 Å². The van der Waals surface area contributed by atoms with Crippen LogP contribution in [0.15, 0.2) is 0 Å². The Hall–Kier alpha value is 0.640. The van der Waals surface area contributed by atoms with Crippen molar-refractivity contribution in [1.29, 1.82) is 0 Å². The van der Waals surface area contributed by atoms with Crippen LogP contribution in [0.25, 0.3) is 0 Å². The predicted molar refractivity (Wildman–Crippen MR) is 92.0 cm³/mol. The lowest BCUT2D eigenvalue weighted by atomic mass is 10.1. The fourth-order valence-corrected chi connectivity index (χ4v) is 2.32. The Labute approximate surface area is 130 Å². The first-order chi connectivity index (χ1) is 8.14. The van der Waals surface area contributed by atoms with Gasteiger partial charge in [0.05, 0.1) is 10.8 Å². The summed E-state index contributed by atoms with van der Waals surface area (Å²) in [6.45, 7) is 8.60. The Morgan fingerprint density at radius 3 is 2.06 bits per heavy atom. The molecule has 0 atom stereocenters. The summed E-state index contributed by atoms with van der Waals surface area (Å²) in [5.41, 5.74) is -0.692. The molecule has 0 aromatic heterocycles. The molecule has 0 saturated heterocycles. The van der Waals surface area contributed by atoms with E-state index in [1.54, 1.807) is 11.8 Å². The molecule has 0 radical (unpaired) electrons. The number of hydrogen-bond donors (Lipinski definition) is 0. The molecule has 0 heterocycles. The van der Waals surface area contributed by atoms with Crippen LogP contribution in [0.5, 0.6) is 0 Å². The number of ether oxygens (including phenoxy) is 2. The van der Waals surface area contributed by atoms with E-state index >= 15 is 0 Å². The molecule has 0 saturated carbocycles. The summed E-state index contributed by atoms with van der Waals surface area (Å²) < 4.78 is 12.9. The normalized spacial score (nSPS) is 12.3. The second-order valence-electron chi connectivity index (χ2n) is 4.92. The summed E-state index contributed by atoms with van der Waals surface area (Å²) in [5.74, 6) is 0. The molecule has 0 aliphatic carbocycles. The standard InChI is InChI=1S/C12H22O2S4/c1-11(2,14-10(16)18-6)7-8-13-12(3,4)9(15)17-5/h7-8H2,1-6H3. The van der Waals surface area contributed by atoms with Crippen molar-refractivity contribution in [2.75, 3.05) is 19.1 Å². The average molecular weight is 327 g/mol. The highest BCUT2D eigenvalue weighted by Crippen LogP contribution is 2.23. The first-order valence-electron chi connectivity index (χ1n) is 5.64. The molecule has 0 unspecified atom stereocenters. The lowest BCUT2D eigenvalue weighted by molar-refractivity contribution is -0.00196. The second kappa shape index (κ2) is 8.04. The van der Waals surface area contributed by atoms with E-state index < -0.39 is 0 Å². The number of hydrogen-bond acceptors (Lipinski definition) is 6. The van der Waals surface area contributed by atoms with Crippen LogP contribution in [0.4, 0.5) is 0 Å². The van der Waals surface area contributed by atoms with Crippen LogP contribution in [0.1, 0.15) is 34.1 Å². The predicted octanol–water partition coefficient (Wildman–Crippen LogP) is 4.31. The summed E-state index contributed by atoms with van der Waals surface area (Å²) in [7, 11) is 0. The molecule has 0 aromatic carbocycles. The van der Waals surface area contributed by atoms with Gasteiger partial charge in [-0.05, 0) is 52.4 Å². The topological polar surface area (TPSA) is 18.5 Å². The quantitative estimate of drug-likeness (QED) is 0.672. The van der Waals surface area contributed by atoms with Gasteiger partial charge >= 0.3 is 0 Å². The van der Waals surface area contributed by atoms with Gasteiger partial charge in [-0.1, -0.05) is 24.0 Å². The van der Waals surface area contributed by atoms with Gasteiger partial charge < -0.3 is 9.47 Å². The molecule has 0 aliphatic heterocycles. The smallest absolute Gasteiger partial charge is 0.220 e. The fraction of sp³-hybridized carbons (Fsp3) is 0.833. The molecule has 0 aromatic rings. The molecule has 18 heavy (non-hydrogen) atoms. The van der Waals surface area contributed by atoms with Crippen LogP contribution in [0.2, 0.25) is 0 Å². The molecule has 6 heteroatoms. The summed E-state index contributed by atoms with van der Waals surface area (Å²) in [4.78, 5) is 0. The molecule has 0 amide bonds. The number of rotatable bonds is 6. The van der Waals surface area contributed by atoms with Crippen molar-refractivity contribution in [3.63, 3.8) is 0 Å². The van der Waals surface area contributed by atoms with Crippen LogP contribution in [0.3, 0.4) is 0 Å². The molecule has 0 spiro atoms. The van der Waals surface area contributed by atoms with Crippen molar-refractivity contribution in [3.05, 3.63) is 0 Å². The van der Waals surface area contributed by atoms with Gasteiger partial charge in [0.15, 0.2) is 0 Å². The monoisotopic (exact) mass is 326 g/mol. The Morgan fingerprint density at radius 1 is 1.06 bits per heavy atom. The van der Waals surface area contributed by atoms with E-state index in [9.17, 15) is 0 Å². The molecular formula is C12H22O2S4. The van der Waals surface area contributed by atoms with Crippen LogP contribution < -0.4 is 0 Å². The highest BCUT2D eigenvalue weighted by atomic mass is 32.2. The lowest BCUT2D eigenvalue weighted by Crippen LogP contribution is -2.35. The van der Waals surface area contributed by atoms with Crippen molar-refractivity contribution in [3.8, 4) is 0 Å². The van der Waals surface area contributed by atoms with E-state index in [1.165, 1.54) is 11.8 Å². The molecule has 0 fully saturated rings. The zero-order chi connectivity index (χ0) is 14.4. The van der Waals surface area contributed by atoms with E-state index in [1.807, 2.05) is 40.2 Å². The maximum Gasteiger partial charge on any atom is 0.220 e. The van der Waals surface area contributed by atoms with Gasteiger partial charge in [0.2, 0.25) is 4.38 Å². The minimum absolute atomic E-state index is 0.308. The fourth-order valence-electron chi connectivity index (χ4n) is 1.17. The first kappa shape index (κ1) is 18.6. The van der Waals surface area contributed by atoms with Gasteiger partial charge in [0.1, 0.15) is 11.2 Å². The average Bonchev–Trinajstić information content (AvgIpc) is 2.26. The van der Waals surface area contributed by atoms with Gasteiger partial charge in [-0.15, -0.1) is 11.8 Å². The summed E-state index contributed by atoms with van der Waals surface area (Å²) in [5, 5.41) is 0. The van der Waals surface area contributed by atoms with Gasteiger partial charge in [0, 0.05) is 6.42 Å². The van der Waals surface area contributed by atoms with Crippen LogP contribution in [-0.2, 0) is 9.47 Å². The van der Waals surface area contributed by atoms with E-state index in [-0.39, 0.29) is 11.2 Å². The largest absolute Gasteiger partial charge is 0.472 e. The number of thioether (sulfide) groups is 2. The maximum atomic E-state index is 5.84. The zero-order valence-corrected chi connectivity index (χ0v) is 15.1. The molecule has 0 aliphatic rings. The van der Waals surface area contributed by atoms with E-state index in [0.29, 0.717) is 11.0 Å². The number of thiocarbonyl (C=S) groups is 2. The lowest BCUT2D eigenvalue weighted by Gasteiger charge is -2.29. The van der Waals surface area contributed by atoms with Crippen LogP contribution in [-0.4, -0.2) is 38.9 Å². The Kier molecular flexibility index (Phi) is 8.33. The summed E-state index contributed by atoms with van der Waals surface area (Å²) >= 11 is 13.3. The van der Waals surface area contributed by atoms with Gasteiger partial charge in [0.25, 0.3) is 0 Å². The zero-order valence-electron chi connectivity index (χ0n) is 11.9. The van der Waals surface area contributed by atoms with E-state index in [2.05, 4.69) is 0 Å². The van der Waals surface area contributed by atoms with Crippen molar-refractivity contribution in [1.82, 2.24) is 0 Å². The first-order valence-corrected chi connectivity index (χ1v) is 8.90. The van der Waals surface area contributed by atoms with Gasteiger partial charge in [-0.3, -0.25) is 0 Å². The third kappa shape index (κ3) is 7.28. The molecular weight excluding hydrogens is 304 g/mol. The van der Waals surface area contributed by atoms with E-state index in [0.717, 1.165) is 10.6 Å². The van der Waals surface area contributed by atoms with Gasteiger partial charge in [-0.2, -0.15) is 0 Å². The Bertz CT molecular complexity index is 300. The summed E-state index contributed by atoms with van der Waals surface area (Å²) in [6.07, 6.45) is 4.65. The van der Waals surface area contributed by atoms with E-state index in [4.69, 9.17) is 33.9 Å². The van der Waals surface area contributed by atoms with Crippen molar-refractivity contribution < 1.29 is 9.47 Å². The SMILES string of the molecule is CSC(=S)OC(C)(C)CCOC(C)(C)C(=S)SC.